The van der Waals surface area contributed by atoms with Crippen molar-refractivity contribution in [3.8, 4) is 0 Å². The van der Waals surface area contributed by atoms with E-state index >= 15 is 0 Å². The van der Waals surface area contributed by atoms with Gasteiger partial charge in [0.25, 0.3) is 0 Å². The van der Waals surface area contributed by atoms with Crippen LogP contribution in [0.1, 0.15) is 181 Å². The molecule has 4 heterocycles. The third-order valence-corrected chi connectivity index (χ3v) is 6.66. The van der Waals surface area contributed by atoms with Crippen LogP contribution in [-0.4, -0.2) is 60.0 Å². The zero-order valence-electron chi connectivity index (χ0n) is 30.3. The van der Waals surface area contributed by atoms with E-state index in [9.17, 15) is 0 Å². The standard InChI is InChI=1S/4C8H15N3/c2*1-6(2)8-5-11(7(3)4)10-9-8;2*1-6(2)8-5-9-10-11(8)7(3)4/h4*5-7H,1-4H3. The Labute approximate surface area is 266 Å². The van der Waals surface area contributed by atoms with Gasteiger partial charge in [-0.15, -0.1) is 20.4 Å². The molecule has 0 spiro atoms. The molecule has 0 aliphatic carbocycles. The lowest BCUT2D eigenvalue weighted by atomic mass is 10.1. The van der Waals surface area contributed by atoms with E-state index in [-0.39, 0.29) is 0 Å². The third kappa shape index (κ3) is 12.3. The number of hydrogen-bond donors (Lipinski definition) is 0. The Kier molecular flexibility index (Phi) is 16.1. The van der Waals surface area contributed by atoms with Gasteiger partial charge >= 0.3 is 0 Å². The summed E-state index contributed by atoms with van der Waals surface area (Å²) in [7, 11) is 0. The van der Waals surface area contributed by atoms with Crippen molar-refractivity contribution in [3.63, 3.8) is 0 Å². The fourth-order valence-corrected chi connectivity index (χ4v) is 3.75. The van der Waals surface area contributed by atoms with Crippen molar-refractivity contribution in [2.24, 2.45) is 0 Å². The molecule has 0 atom stereocenters. The molecular formula is C32H60N12. The Balaban J connectivity index is 0.000000293. The molecule has 0 aliphatic heterocycles. The van der Waals surface area contributed by atoms with Crippen molar-refractivity contribution in [3.05, 3.63) is 47.6 Å². The molecule has 4 rings (SSSR count). The molecule has 12 heteroatoms. The minimum absolute atomic E-state index is 0.412. The van der Waals surface area contributed by atoms with Gasteiger partial charge in [-0.1, -0.05) is 76.2 Å². The van der Waals surface area contributed by atoms with Gasteiger partial charge in [-0.05, 0) is 79.1 Å². The Morgan fingerprint density at radius 1 is 0.409 bits per heavy atom. The molecular weight excluding hydrogens is 552 g/mol. The molecule has 248 valence electrons. The summed E-state index contributed by atoms with van der Waals surface area (Å²) in [6.45, 7) is 33.9. The van der Waals surface area contributed by atoms with Crippen LogP contribution in [0, 0.1) is 0 Å². The molecule has 0 amide bonds. The second-order valence-corrected chi connectivity index (χ2v) is 13.4. The van der Waals surface area contributed by atoms with E-state index in [1.54, 1.807) is 0 Å². The van der Waals surface area contributed by atoms with Crippen molar-refractivity contribution >= 4 is 0 Å². The minimum atomic E-state index is 0.412. The first-order valence-corrected chi connectivity index (χ1v) is 16.1. The van der Waals surface area contributed by atoms with Crippen molar-refractivity contribution in [1.82, 2.24) is 60.0 Å². The molecule has 0 N–H and O–H groups in total. The second kappa shape index (κ2) is 18.4. The largest absolute Gasteiger partial charge is 0.250 e. The SMILES string of the molecule is CC(C)c1cn(C(C)C)nn1.CC(C)c1cn(C(C)C)nn1.CC(C)c1cnnn1C(C)C.CC(C)c1cnnn1C(C)C. The number of rotatable bonds is 8. The normalized spacial score (nSPS) is 11.5. The fraction of sp³-hybridized carbons (Fsp3) is 0.750. The quantitative estimate of drug-likeness (QED) is 0.196. The van der Waals surface area contributed by atoms with Gasteiger partial charge < -0.3 is 0 Å². The summed E-state index contributed by atoms with van der Waals surface area (Å²) in [5.74, 6) is 1.96. The Hall–Kier alpha value is -3.44. The van der Waals surface area contributed by atoms with Crippen LogP contribution < -0.4 is 0 Å². The maximum Gasteiger partial charge on any atom is 0.0852 e. The van der Waals surface area contributed by atoms with Crippen LogP contribution in [0.15, 0.2) is 24.8 Å². The van der Waals surface area contributed by atoms with Gasteiger partial charge in [0, 0.05) is 36.6 Å². The highest BCUT2D eigenvalue weighted by Crippen LogP contribution is 2.17. The molecule has 12 nitrogen and oxygen atoms in total. The van der Waals surface area contributed by atoms with E-state index in [0.29, 0.717) is 47.8 Å². The first-order valence-electron chi connectivity index (χ1n) is 16.1. The lowest BCUT2D eigenvalue weighted by Crippen LogP contribution is -2.08. The summed E-state index contributed by atoms with van der Waals surface area (Å²) in [6, 6.07) is 1.65. The van der Waals surface area contributed by atoms with Crippen molar-refractivity contribution in [2.75, 3.05) is 0 Å². The maximum absolute atomic E-state index is 4.05. The van der Waals surface area contributed by atoms with E-state index in [1.165, 1.54) is 11.4 Å². The van der Waals surface area contributed by atoms with Gasteiger partial charge in [-0.3, -0.25) is 0 Å². The first kappa shape index (κ1) is 38.6. The molecule has 4 aromatic rings. The smallest absolute Gasteiger partial charge is 0.0852 e. The maximum atomic E-state index is 4.05. The lowest BCUT2D eigenvalue weighted by Gasteiger charge is -2.10. The summed E-state index contributed by atoms with van der Waals surface area (Å²) >= 11 is 0. The Morgan fingerprint density at radius 2 is 0.727 bits per heavy atom. The van der Waals surface area contributed by atoms with Crippen LogP contribution in [0.3, 0.4) is 0 Å². The predicted octanol–water partition coefficient (Wildman–Crippen LogP) is 7.93. The van der Waals surface area contributed by atoms with Crippen LogP contribution in [0.2, 0.25) is 0 Å². The van der Waals surface area contributed by atoms with E-state index in [0.717, 1.165) is 11.4 Å². The van der Waals surface area contributed by atoms with E-state index in [4.69, 9.17) is 0 Å². The number of nitrogens with zero attached hydrogens (tertiary/aromatic N) is 12. The molecule has 0 aromatic carbocycles. The molecule has 0 fully saturated rings. The molecule has 0 saturated carbocycles. The van der Waals surface area contributed by atoms with Crippen LogP contribution in [-0.2, 0) is 0 Å². The highest BCUT2D eigenvalue weighted by molar-refractivity contribution is 5.02. The predicted molar refractivity (Wildman–Crippen MR) is 178 cm³/mol. The van der Waals surface area contributed by atoms with Crippen molar-refractivity contribution < 1.29 is 0 Å². The molecule has 0 unspecified atom stereocenters. The highest BCUT2D eigenvalue weighted by Gasteiger charge is 2.11. The number of hydrogen-bond acceptors (Lipinski definition) is 8. The van der Waals surface area contributed by atoms with Gasteiger partial charge in [-0.25, -0.2) is 18.7 Å². The first-order chi connectivity index (χ1) is 20.5. The molecule has 44 heavy (non-hydrogen) atoms. The summed E-state index contributed by atoms with van der Waals surface area (Å²) in [5.41, 5.74) is 4.55. The average Bonchev–Trinajstić information content (AvgIpc) is 3.75. The van der Waals surface area contributed by atoms with Crippen molar-refractivity contribution in [2.45, 2.75) is 159 Å². The van der Waals surface area contributed by atoms with Gasteiger partial charge in [-0.2, -0.15) is 0 Å². The van der Waals surface area contributed by atoms with Crippen LogP contribution in [0.4, 0.5) is 0 Å². The molecule has 0 bridgehead atoms. The van der Waals surface area contributed by atoms with Gasteiger partial charge in [0.05, 0.1) is 35.2 Å². The summed E-state index contributed by atoms with van der Waals surface area (Å²) in [5, 5.41) is 31.9. The average molecular weight is 613 g/mol. The monoisotopic (exact) mass is 613 g/mol. The van der Waals surface area contributed by atoms with E-state index in [2.05, 4.69) is 152 Å². The van der Waals surface area contributed by atoms with Crippen LogP contribution in [0.25, 0.3) is 0 Å². The zero-order valence-corrected chi connectivity index (χ0v) is 30.3. The highest BCUT2D eigenvalue weighted by atomic mass is 15.4. The Morgan fingerprint density at radius 3 is 0.886 bits per heavy atom. The van der Waals surface area contributed by atoms with Gasteiger partial charge in [0.1, 0.15) is 0 Å². The van der Waals surface area contributed by atoms with Crippen LogP contribution >= 0.6 is 0 Å². The van der Waals surface area contributed by atoms with E-state index < -0.39 is 0 Å². The molecule has 0 aliphatic rings. The number of aromatic nitrogens is 12. The third-order valence-electron chi connectivity index (χ3n) is 6.66. The topological polar surface area (TPSA) is 123 Å². The Bertz CT molecular complexity index is 1110. The summed E-state index contributed by atoms with van der Waals surface area (Å²) in [6.07, 6.45) is 7.69. The summed E-state index contributed by atoms with van der Waals surface area (Å²) < 4.78 is 7.69. The van der Waals surface area contributed by atoms with Gasteiger partial charge in [0.2, 0.25) is 0 Å². The molecule has 0 radical (unpaired) electrons. The lowest BCUT2D eigenvalue weighted by molar-refractivity contribution is 0.484. The fourth-order valence-electron chi connectivity index (χ4n) is 3.75. The summed E-state index contributed by atoms with van der Waals surface area (Å²) in [4.78, 5) is 0. The molecule has 4 aromatic heterocycles. The van der Waals surface area contributed by atoms with Crippen LogP contribution in [0.5, 0.6) is 0 Å². The molecule has 0 saturated heterocycles. The zero-order chi connectivity index (χ0) is 33.7. The second-order valence-electron chi connectivity index (χ2n) is 13.4. The van der Waals surface area contributed by atoms with Gasteiger partial charge in [0.15, 0.2) is 0 Å². The van der Waals surface area contributed by atoms with E-state index in [1.807, 2.05) is 43.5 Å². The van der Waals surface area contributed by atoms with Crippen molar-refractivity contribution in [1.29, 1.82) is 0 Å². The minimum Gasteiger partial charge on any atom is -0.250 e.